The number of carbonyl (C=O) groups excluding carboxylic acids is 1. The average Bonchev–Trinajstić information content (AvgIpc) is 3.11. The van der Waals surface area contributed by atoms with E-state index >= 15 is 0 Å². The van der Waals surface area contributed by atoms with E-state index in [2.05, 4.69) is 30.8 Å². The molecule has 8 heteroatoms. The molecule has 0 aliphatic carbocycles. The van der Waals surface area contributed by atoms with Crippen molar-refractivity contribution in [3.05, 3.63) is 47.7 Å². The second-order valence-corrected chi connectivity index (χ2v) is 6.57. The molecule has 7 nitrogen and oxygen atoms in total. The van der Waals surface area contributed by atoms with Crippen molar-refractivity contribution < 1.29 is 9.18 Å². The lowest BCUT2D eigenvalue weighted by atomic mass is 10.2. The van der Waals surface area contributed by atoms with Gasteiger partial charge in [-0.1, -0.05) is 0 Å². The summed E-state index contributed by atoms with van der Waals surface area (Å²) in [5.74, 6) is 1.05. The first-order chi connectivity index (χ1) is 13.1. The van der Waals surface area contributed by atoms with Crippen molar-refractivity contribution in [2.45, 2.75) is 25.4 Å². The maximum Gasteiger partial charge on any atom is 0.238 e. The van der Waals surface area contributed by atoms with Crippen molar-refractivity contribution >= 4 is 17.4 Å². The van der Waals surface area contributed by atoms with Gasteiger partial charge in [0.05, 0.1) is 18.3 Å². The minimum absolute atomic E-state index is 0.00729. The van der Waals surface area contributed by atoms with Crippen LogP contribution in [0.4, 0.5) is 15.9 Å². The molecule has 1 aliphatic heterocycles. The lowest BCUT2D eigenvalue weighted by molar-refractivity contribution is -0.117. The van der Waals surface area contributed by atoms with Crippen molar-refractivity contribution in [3.63, 3.8) is 0 Å². The van der Waals surface area contributed by atoms with Crippen molar-refractivity contribution in [2.75, 3.05) is 37.8 Å². The van der Waals surface area contributed by atoms with E-state index in [4.69, 9.17) is 0 Å². The molecule has 27 heavy (non-hydrogen) atoms. The Kier molecular flexibility index (Phi) is 6.31. The van der Waals surface area contributed by atoms with E-state index in [0.717, 1.165) is 36.7 Å². The topological polar surface area (TPSA) is 82.2 Å². The first-order valence-corrected chi connectivity index (χ1v) is 9.08. The molecule has 1 atom stereocenters. The molecule has 1 unspecified atom stereocenters. The zero-order chi connectivity index (χ0) is 19.2. The number of nitrogens with one attached hydrogen (secondary N) is 3. The third kappa shape index (κ3) is 4.99. The van der Waals surface area contributed by atoms with Gasteiger partial charge < -0.3 is 16.0 Å². The van der Waals surface area contributed by atoms with Crippen LogP contribution < -0.4 is 16.0 Å². The minimum Gasteiger partial charge on any atom is -0.373 e. The van der Waals surface area contributed by atoms with Crippen LogP contribution in [-0.2, 0) is 11.3 Å². The molecule has 1 aromatic heterocycles. The van der Waals surface area contributed by atoms with Gasteiger partial charge in [0, 0.05) is 25.3 Å². The van der Waals surface area contributed by atoms with Crippen LogP contribution in [0, 0.1) is 5.82 Å². The molecular weight excluding hydrogens is 347 g/mol. The molecule has 2 aromatic rings. The number of nitrogens with zero attached hydrogens (tertiary/aromatic N) is 3. The Hall–Kier alpha value is -2.58. The smallest absolute Gasteiger partial charge is 0.238 e. The van der Waals surface area contributed by atoms with Gasteiger partial charge in [0.25, 0.3) is 0 Å². The Morgan fingerprint density at radius 1 is 1.26 bits per heavy atom. The zero-order valence-electron chi connectivity index (χ0n) is 15.6. The summed E-state index contributed by atoms with van der Waals surface area (Å²) < 4.78 is 13.0. The Labute approximate surface area is 158 Å². The molecule has 3 N–H and O–H groups in total. The molecule has 0 spiro atoms. The highest BCUT2D eigenvalue weighted by Gasteiger charge is 2.30. The number of halogens is 1. The summed E-state index contributed by atoms with van der Waals surface area (Å²) in [7, 11) is 3.71. The van der Waals surface area contributed by atoms with E-state index in [-0.39, 0.29) is 24.3 Å². The first kappa shape index (κ1) is 19.2. The summed E-state index contributed by atoms with van der Waals surface area (Å²) in [4.78, 5) is 23.8. The number of likely N-dealkylation sites (tertiary alicyclic amines) is 1. The number of hydrogen-bond acceptors (Lipinski definition) is 6. The summed E-state index contributed by atoms with van der Waals surface area (Å²) in [6.07, 6.45) is 1.90. The lowest BCUT2D eigenvalue weighted by Crippen LogP contribution is -2.33. The van der Waals surface area contributed by atoms with Crippen molar-refractivity contribution in [1.29, 1.82) is 0 Å². The number of rotatable bonds is 7. The fraction of sp³-hybridized carbons (Fsp3) is 0.421. The van der Waals surface area contributed by atoms with Crippen LogP contribution in [0.25, 0.3) is 0 Å². The van der Waals surface area contributed by atoms with Gasteiger partial charge in [0.2, 0.25) is 5.91 Å². The molecular formula is C19H25FN6O. The van der Waals surface area contributed by atoms with Gasteiger partial charge in [0.15, 0.2) is 0 Å². The van der Waals surface area contributed by atoms with Gasteiger partial charge in [-0.25, -0.2) is 14.4 Å². The normalized spacial score (nSPS) is 17.1. The molecule has 0 saturated carbocycles. The highest BCUT2D eigenvalue weighted by atomic mass is 19.1. The van der Waals surface area contributed by atoms with Crippen LogP contribution in [0.3, 0.4) is 0 Å². The van der Waals surface area contributed by atoms with E-state index in [1.807, 2.05) is 20.2 Å². The summed E-state index contributed by atoms with van der Waals surface area (Å²) >= 11 is 0. The minimum atomic E-state index is -0.327. The van der Waals surface area contributed by atoms with Crippen LogP contribution in [-0.4, -0.2) is 48.0 Å². The van der Waals surface area contributed by atoms with Gasteiger partial charge in [0.1, 0.15) is 17.5 Å². The lowest BCUT2D eigenvalue weighted by Gasteiger charge is -2.23. The van der Waals surface area contributed by atoms with Crippen molar-refractivity contribution in [1.82, 2.24) is 20.2 Å². The third-order valence-corrected chi connectivity index (χ3v) is 4.55. The molecule has 1 fully saturated rings. The maximum absolute atomic E-state index is 13.0. The largest absolute Gasteiger partial charge is 0.373 e. The summed E-state index contributed by atoms with van der Waals surface area (Å²) in [6.45, 7) is 1.72. The zero-order valence-corrected chi connectivity index (χ0v) is 15.6. The number of anilines is 2. The summed E-state index contributed by atoms with van der Waals surface area (Å²) in [5.41, 5.74) is 1.50. The molecule has 1 aliphatic rings. The molecule has 0 radical (unpaired) electrons. The predicted octanol–water partition coefficient (Wildman–Crippen LogP) is 2.15. The van der Waals surface area contributed by atoms with Gasteiger partial charge in [-0.3, -0.25) is 9.69 Å². The molecule has 0 bridgehead atoms. The van der Waals surface area contributed by atoms with Crippen LogP contribution in [0.1, 0.15) is 30.4 Å². The van der Waals surface area contributed by atoms with Crippen molar-refractivity contribution in [2.24, 2.45) is 0 Å². The standard InChI is InChI=1S/C19H25FN6O/c1-21-11-15-10-17(22-2)25-19(24-15)16-4-3-9-26(16)12-18(27)23-14-7-5-13(20)6-8-14/h5-8,10,16,21H,3-4,9,11-12H2,1-2H3,(H,23,27)(H,22,24,25). The molecule has 1 saturated heterocycles. The van der Waals surface area contributed by atoms with Gasteiger partial charge in [-0.2, -0.15) is 0 Å². The van der Waals surface area contributed by atoms with Crippen LogP contribution in [0.5, 0.6) is 0 Å². The molecule has 3 rings (SSSR count). The molecule has 1 amide bonds. The summed E-state index contributed by atoms with van der Waals surface area (Å²) in [5, 5.41) is 8.99. The Morgan fingerprint density at radius 3 is 2.74 bits per heavy atom. The van der Waals surface area contributed by atoms with Gasteiger partial charge in [-0.15, -0.1) is 0 Å². The molecule has 1 aromatic carbocycles. The monoisotopic (exact) mass is 372 g/mol. The van der Waals surface area contributed by atoms with E-state index in [9.17, 15) is 9.18 Å². The number of hydrogen-bond donors (Lipinski definition) is 3. The maximum atomic E-state index is 13.0. The van der Waals surface area contributed by atoms with Crippen LogP contribution in [0.15, 0.2) is 30.3 Å². The van der Waals surface area contributed by atoms with E-state index in [1.54, 1.807) is 12.1 Å². The first-order valence-electron chi connectivity index (χ1n) is 9.08. The Morgan fingerprint density at radius 2 is 2.04 bits per heavy atom. The summed E-state index contributed by atoms with van der Waals surface area (Å²) in [6, 6.07) is 7.69. The quantitative estimate of drug-likeness (QED) is 0.691. The van der Waals surface area contributed by atoms with Gasteiger partial charge in [-0.05, 0) is 50.7 Å². The fourth-order valence-electron chi connectivity index (χ4n) is 3.29. The fourth-order valence-corrected chi connectivity index (χ4v) is 3.29. The number of benzene rings is 1. The number of aromatic nitrogens is 2. The Bertz CT molecular complexity index is 782. The Balaban J connectivity index is 1.70. The van der Waals surface area contributed by atoms with E-state index in [0.29, 0.717) is 12.2 Å². The second-order valence-electron chi connectivity index (χ2n) is 6.57. The second kappa shape index (κ2) is 8.88. The van der Waals surface area contributed by atoms with E-state index < -0.39 is 0 Å². The van der Waals surface area contributed by atoms with Crippen LogP contribution in [0.2, 0.25) is 0 Å². The highest BCUT2D eigenvalue weighted by molar-refractivity contribution is 5.92. The van der Waals surface area contributed by atoms with Crippen molar-refractivity contribution in [3.8, 4) is 0 Å². The average molecular weight is 372 g/mol. The number of carbonyl (C=O) groups is 1. The number of amides is 1. The molecule has 2 heterocycles. The van der Waals surface area contributed by atoms with Gasteiger partial charge >= 0.3 is 0 Å². The predicted molar refractivity (Wildman–Crippen MR) is 103 cm³/mol. The third-order valence-electron chi connectivity index (χ3n) is 4.55. The molecule has 144 valence electrons. The highest BCUT2D eigenvalue weighted by Crippen LogP contribution is 2.30. The SMILES string of the molecule is CNCc1cc(NC)nc(C2CCCN2CC(=O)Nc2ccc(F)cc2)n1. The van der Waals surface area contributed by atoms with Crippen LogP contribution >= 0.6 is 0 Å². The van der Waals surface area contributed by atoms with E-state index in [1.165, 1.54) is 12.1 Å².